The number of rotatable bonds is 7. The minimum absolute atomic E-state index is 0.0249. The zero-order chi connectivity index (χ0) is 13.4. The lowest BCUT2D eigenvalue weighted by Gasteiger charge is -2.12. The fraction of sp³-hybridized carbons (Fsp3) is 0.500. The number of carbonyl (C=O) groups excluding carboxylic acids is 1. The van der Waals surface area contributed by atoms with Crippen LogP contribution in [0.25, 0.3) is 0 Å². The summed E-state index contributed by atoms with van der Waals surface area (Å²) in [7, 11) is 1.62. The molecule has 0 saturated carbocycles. The summed E-state index contributed by atoms with van der Waals surface area (Å²) in [5.74, 6) is 0.755. The van der Waals surface area contributed by atoms with E-state index in [0.717, 1.165) is 24.3 Å². The molecule has 0 spiro atoms. The van der Waals surface area contributed by atoms with E-state index in [1.165, 1.54) is 0 Å². The van der Waals surface area contributed by atoms with Gasteiger partial charge < -0.3 is 15.4 Å². The minimum atomic E-state index is -0.0249. The Morgan fingerprint density at radius 2 is 2.00 bits per heavy atom. The first-order valence-electron chi connectivity index (χ1n) is 6.33. The summed E-state index contributed by atoms with van der Waals surface area (Å²) < 4.78 is 5.05. The Kier molecular flexibility index (Phi) is 6.22. The van der Waals surface area contributed by atoms with Crippen LogP contribution in [0.4, 0.5) is 5.69 Å². The van der Waals surface area contributed by atoms with E-state index in [-0.39, 0.29) is 5.91 Å². The molecule has 1 rings (SSSR count). The first kappa shape index (κ1) is 14.5. The highest BCUT2D eigenvalue weighted by Gasteiger charge is 2.05. The van der Waals surface area contributed by atoms with Crippen LogP contribution in [0, 0.1) is 0 Å². The van der Waals surface area contributed by atoms with Crippen molar-refractivity contribution >= 4 is 11.6 Å². The second-order valence-electron chi connectivity index (χ2n) is 4.35. The molecule has 4 nitrogen and oxygen atoms in total. The third-order valence-electron chi connectivity index (χ3n) is 2.71. The Balaban J connectivity index is 2.35. The molecule has 1 amide bonds. The van der Waals surface area contributed by atoms with Crippen molar-refractivity contribution in [3.63, 3.8) is 0 Å². The van der Waals surface area contributed by atoms with Crippen molar-refractivity contribution in [1.82, 2.24) is 5.32 Å². The molecule has 0 saturated heterocycles. The average molecular weight is 250 g/mol. The van der Waals surface area contributed by atoms with Crippen molar-refractivity contribution in [3.8, 4) is 5.75 Å². The van der Waals surface area contributed by atoms with E-state index in [1.807, 2.05) is 24.3 Å². The molecule has 4 heteroatoms. The standard InChI is InChI=1S/C14H22N2O2/c1-4-5-11(2)15-10-14(17)16-12-6-8-13(18-3)9-7-12/h6-9,11,15H,4-5,10H2,1-3H3,(H,16,17). The predicted octanol–water partition coefficient (Wildman–Crippen LogP) is 2.41. The molecule has 0 bridgehead atoms. The Bertz CT molecular complexity index is 363. The van der Waals surface area contributed by atoms with Gasteiger partial charge in [-0.05, 0) is 37.6 Å². The first-order chi connectivity index (χ1) is 8.65. The third-order valence-corrected chi connectivity index (χ3v) is 2.71. The van der Waals surface area contributed by atoms with Crippen molar-refractivity contribution in [3.05, 3.63) is 24.3 Å². The molecule has 1 aromatic carbocycles. The van der Waals surface area contributed by atoms with Gasteiger partial charge in [0, 0.05) is 11.7 Å². The maximum atomic E-state index is 11.7. The SMILES string of the molecule is CCCC(C)NCC(=O)Nc1ccc(OC)cc1. The molecule has 1 atom stereocenters. The Labute approximate surface area is 109 Å². The Morgan fingerprint density at radius 3 is 2.56 bits per heavy atom. The van der Waals surface area contributed by atoms with Gasteiger partial charge in [0.05, 0.1) is 13.7 Å². The van der Waals surface area contributed by atoms with Gasteiger partial charge in [-0.15, -0.1) is 0 Å². The van der Waals surface area contributed by atoms with E-state index in [1.54, 1.807) is 7.11 Å². The van der Waals surface area contributed by atoms with E-state index in [9.17, 15) is 4.79 Å². The van der Waals surface area contributed by atoms with Gasteiger partial charge in [0.2, 0.25) is 5.91 Å². The molecule has 1 unspecified atom stereocenters. The lowest BCUT2D eigenvalue weighted by molar-refractivity contribution is -0.115. The van der Waals surface area contributed by atoms with Gasteiger partial charge >= 0.3 is 0 Å². The molecule has 1 aromatic rings. The summed E-state index contributed by atoms with van der Waals surface area (Å²) >= 11 is 0. The van der Waals surface area contributed by atoms with E-state index in [0.29, 0.717) is 12.6 Å². The number of hydrogen-bond acceptors (Lipinski definition) is 3. The highest BCUT2D eigenvalue weighted by atomic mass is 16.5. The fourth-order valence-electron chi connectivity index (χ4n) is 1.68. The monoisotopic (exact) mass is 250 g/mol. The van der Waals surface area contributed by atoms with Gasteiger partial charge in [0.1, 0.15) is 5.75 Å². The van der Waals surface area contributed by atoms with E-state index >= 15 is 0 Å². The molecule has 0 aromatic heterocycles. The van der Waals surface area contributed by atoms with Crippen LogP contribution in [-0.2, 0) is 4.79 Å². The Morgan fingerprint density at radius 1 is 1.33 bits per heavy atom. The molecule has 0 aliphatic carbocycles. The second kappa shape index (κ2) is 7.71. The van der Waals surface area contributed by atoms with Crippen LogP contribution in [0.3, 0.4) is 0 Å². The molecular weight excluding hydrogens is 228 g/mol. The number of anilines is 1. The van der Waals surface area contributed by atoms with Crippen molar-refractivity contribution in [2.45, 2.75) is 32.7 Å². The molecule has 0 fully saturated rings. The topological polar surface area (TPSA) is 50.4 Å². The molecule has 100 valence electrons. The van der Waals surface area contributed by atoms with Crippen LogP contribution in [0.1, 0.15) is 26.7 Å². The van der Waals surface area contributed by atoms with Crippen molar-refractivity contribution < 1.29 is 9.53 Å². The number of nitrogens with one attached hydrogen (secondary N) is 2. The summed E-state index contributed by atoms with van der Waals surface area (Å²) in [6.07, 6.45) is 2.20. The van der Waals surface area contributed by atoms with Gasteiger partial charge in [0.25, 0.3) is 0 Å². The van der Waals surface area contributed by atoms with Crippen LogP contribution in [0.15, 0.2) is 24.3 Å². The largest absolute Gasteiger partial charge is 0.497 e. The highest BCUT2D eigenvalue weighted by Crippen LogP contribution is 2.14. The van der Waals surface area contributed by atoms with Gasteiger partial charge in [-0.3, -0.25) is 4.79 Å². The number of benzene rings is 1. The van der Waals surface area contributed by atoms with Crippen LogP contribution < -0.4 is 15.4 Å². The van der Waals surface area contributed by atoms with Crippen molar-refractivity contribution in [2.75, 3.05) is 19.0 Å². The van der Waals surface area contributed by atoms with Crippen LogP contribution >= 0.6 is 0 Å². The van der Waals surface area contributed by atoms with Gasteiger partial charge in [-0.2, -0.15) is 0 Å². The third kappa shape index (κ3) is 5.19. The van der Waals surface area contributed by atoms with E-state index < -0.39 is 0 Å². The molecule has 0 aliphatic heterocycles. The number of amides is 1. The predicted molar refractivity (Wildman–Crippen MR) is 74.0 cm³/mol. The average Bonchev–Trinajstić information content (AvgIpc) is 2.38. The zero-order valence-electron chi connectivity index (χ0n) is 11.3. The summed E-state index contributed by atoms with van der Waals surface area (Å²) in [5.41, 5.74) is 0.783. The van der Waals surface area contributed by atoms with Crippen molar-refractivity contribution in [1.29, 1.82) is 0 Å². The van der Waals surface area contributed by atoms with Crippen LogP contribution in [-0.4, -0.2) is 25.6 Å². The maximum absolute atomic E-state index is 11.7. The second-order valence-corrected chi connectivity index (χ2v) is 4.35. The summed E-state index contributed by atoms with van der Waals surface area (Å²) in [5, 5.41) is 6.02. The number of methoxy groups -OCH3 is 1. The van der Waals surface area contributed by atoms with Gasteiger partial charge in [-0.1, -0.05) is 13.3 Å². The van der Waals surface area contributed by atoms with E-state index in [4.69, 9.17) is 4.74 Å². The molecule has 0 radical (unpaired) electrons. The van der Waals surface area contributed by atoms with Crippen LogP contribution in [0.5, 0.6) is 5.75 Å². The normalized spacial score (nSPS) is 11.9. The fourth-order valence-corrected chi connectivity index (χ4v) is 1.68. The Hall–Kier alpha value is -1.55. The quantitative estimate of drug-likeness (QED) is 0.781. The zero-order valence-corrected chi connectivity index (χ0v) is 11.3. The lowest BCUT2D eigenvalue weighted by atomic mass is 10.2. The highest BCUT2D eigenvalue weighted by molar-refractivity contribution is 5.92. The molecule has 0 aliphatic rings. The number of hydrogen-bond donors (Lipinski definition) is 2. The molecule has 18 heavy (non-hydrogen) atoms. The van der Waals surface area contributed by atoms with Gasteiger partial charge in [-0.25, -0.2) is 0 Å². The lowest BCUT2D eigenvalue weighted by Crippen LogP contribution is -2.34. The summed E-state index contributed by atoms with van der Waals surface area (Å²) in [6.45, 7) is 4.56. The first-order valence-corrected chi connectivity index (χ1v) is 6.33. The minimum Gasteiger partial charge on any atom is -0.497 e. The van der Waals surface area contributed by atoms with Crippen molar-refractivity contribution in [2.24, 2.45) is 0 Å². The molecule has 0 heterocycles. The molecular formula is C14H22N2O2. The molecule has 2 N–H and O–H groups in total. The van der Waals surface area contributed by atoms with Gasteiger partial charge in [0.15, 0.2) is 0 Å². The summed E-state index contributed by atoms with van der Waals surface area (Å²) in [4.78, 5) is 11.7. The smallest absolute Gasteiger partial charge is 0.238 e. The number of carbonyl (C=O) groups is 1. The van der Waals surface area contributed by atoms with Crippen LogP contribution in [0.2, 0.25) is 0 Å². The maximum Gasteiger partial charge on any atom is 0.238 e. The summed E-state index contributed by atoms with van der Waals surface area (Å²) in [6, 6.07) is 7.67. The number of ether oxygens (including phenoxy) is 1. The van der Waals surface area contributed by atoms with E-state index in [2.05, 4.69) is 24.5 Å².